The first-order valence-electron chi connectivity index (χ1n) is 6.41. The largest absolute Gasteiger partial charge is 0.496 e. The van der Waals surface area contributed by atoms with Gasteiger partial charge in [0.05, 0.1) is 7.11 Å². The minimum absolute atomic E-state index is 0.714. The maximum absolute atomic E-state index is 5.35. The standard InChI is InChI=1S/C15H25NO/c1-6-13(10-16-4)9-14-7-8-15(17-5)12(3)11(14)2/h7-8,13,16H,6,9-10H2,1-5H3. The van der Waals surface area contributed by atoms with E-state index in [0.29, 0.717) is 5.92 Å². The summed E-state index contributed by atoms with van der Waals surface area (Å²) in [5.74, 6) is 1.71. The minimum atomic E-state index is 0.714. The molecule has 1 aromatic carbocycles. The van der Waals surface area contributed by atoms with Crippen molar-refractivity contribution in [2.24, 2.45) is 5.92 Å². The summed E-state index contributed by atoms with van der Waals surface area (Å²) >= 11 is 0. The van der Waals surface area contributed by atoms with Crippen LogP contribution in [-0.4, -0.2) is 20.7 Å². The van der Waals surface area contributed by atoms with Gasteiger partial charge in [0.1, 0.15) is 5.75 Å². The van der Waals surface area contributed by atoms with E-state index in [1.807, 2.05) is 7.05 Å². The maximum Gasteiger partial charge on any atom is 0.122 e. The van der Waals surface area contributed by atoms with Gasteiger partial charge in [-0.05, 0) is 62.5 Å². The molecule has 0 aliphatic rings. The molecule has 0 saturated heterocycles. The molecular weight excluding hydrogens is 210 g/mol. The van der Waals surface area contributed by atoms with Gasteiger partial charge < -0.3 is 10.1 Å². The summed E-state index contributed by atoms with van der Waals surface area (Å²) in [5.41, 5.74) is 4.09. The average Bonchev–Trinajstić information content (AvgIpc) is 2.34. The van der Waals surface area contributed by atoms with Crippen molar-refractivity contribution in [3.8, 4) is 5.75 Å². The molecule has 1 aromatic rings. The molecule has 0 aliphatic carbocycles. The Bertz CT molecular complexity index is 360. The van der Waals surface area contributed by atoms with Crippen molar-refractivity contribution in [1.82, 2.24) is 5.32 Å². The number of rotatable bonds is 6. The van der Waals surface area contributed by atoms with Crippen LogP contribution in [0.3, 0.4) is 0 Å². The van der Waals surface area contributed by atoms with Crippen LogP contribution >= 0.6 is 0 Å². The van der Waals surface area contributed by atoms with Gasteiger partial charge in [0.25, 0.3) is 0 Å². The van der Waals surface area contributed by atoms with Gasteiger partial charge in [0.2, 0.25) is 0 Å². The third-order valence-electron chi connectivity index (χ3n) is 3.65. The Balaban J connectivity index is 2.88. The van der Waals surface area contributed by atoms with Crippen LogP contribution in [0.1, 0.15) is 30.0 Å². The molecule has 0 aromatic heterocycles. The van der Waals surface area contributed by atoms with Crippen molar-refractivity contribution in [3.05, 3.63) is 28.8 Å². The fourth-order valence-corrected chi connectivity index (χ4v) is 2.25. The summed E-state index contributed by atoms with van der Waals surface area (Å²) in [5, 5.41) is 3.27. The van der Waals surface area contributed by atoms with Gasteiger partial charge in [-0.25, -0.2) is 0 Å². The van der Waals surface area contributed by atoms with Crippen LogP contribution in [0.4, 0.5) is 0 Å². The smallest absolute Gasteiger partial charge is 0.122 e. The van der Waals surface area contributed by atoms with E-state index >= 15 is 0 Å². The highest BCUT2D eigenvalue weighted by Gasteiger charge is 2.11. The van der Waals surface area contributed by atoms with E-state index in [0.717, 1.165) is 18.7 Å². The van der Waals surface area contributed by atoms with Crippen molar-refractivity contribution >= 4 is 0 Å². The lowest BCUT2D eigenvalue weighted by molar-refractivity contribution is 0.410. The van der Waals surface area contributed by atoms with Crippen LogP contribution in [-0.2, 0) is 6.42 Å². The molecule has 1 atom stereocenters. The molecule has 0 spiro atoms. The molecule has 17 heavy (non-hydrogen) atoms. The van der Waals surface area contributed by atoms with Crippen LogP contribution in [0.25, 0.3) is 0 Å². The maximum atomic E-state index is 5.35. The zero-order valence-corrected chi connectivity index (χ0v) is 11.8. The Morgan fingerprint density at radius 1 is 1.24 bits per heavy atom. The molecule has 1 rings (SSSR count). The Hall–Kier alpha value is -1.02. The lowest BCUT2D eigenvalue weighted by Crippen LogP contribution is -2.20. The van der Waals surface area contributed by atoms with E-state index in [9.17, 15) is 0 Å². The van der Waals surface area contributed by atoms with Gasteiger partial charge in [-0.2, -0.15) is 0 Å². The highest BCUT2D eigenvalue weighted by atomic mass is 16.5. The second kappa shape index (κ2) is 6.65. The molecule has 2 heteroatoms. The third kappa shape index (κ3) is 3.47. The fraction of sp³-hybridized carbons (Fsp3) is 0.600. The lowest BCUT2D eigenvalue weighted by atomic mass is 9.92. The number of hydrogen-bond donors (Lipinski definition) is 1. The van der Waals surface area contributed by atoms with Crippen molar-refractivity contribution in [2.75, 3.05) is 20.7 Å². The van der Waals surface area contributed by atoms with Gasteiger partial charge in [-0.3, -0.25) is 0 Å². The summed E-state index contributed by atoms with van der Waals surface area (Å²) < 4.78 is 5.35. The van der Waals surface area contributed by atoms with Crippen LogP contribution in [0.15, 0.2) is 12.1 Å². The van der Waals surface area contributed by atoms with E-state index in [2.05, 4.69) is 38.2 Å². The van der Waals surface area contributed by atoms with Crippen molar-refractivity contribution in [3.63, 3.8) is 0 Å². The van der Waals surface area contributed by atoms with Crippen molar-refractivity contribution < 1.29 is 4.74 Å². The van der Waals surface area contributed by atoms with Gasteiger partial charge in [-0.15, -0.1) is 0 Å². The van der Waals surface area contributed by atoms with Gasteiger partial charge in [-0.1, -0.05) is 19.4 Å². The lowest BCUT2D eigenvalue weighted by Gasteiger charge is -2.18. The highest BCUT2D eigenvalue weighted by molar-refractivity contribution is 5.43. The van der Waals surface area contributed by atoms with E-state index in [-0.39, 0.29) is 0 Å². The molecule has 0 saturated carbocycles. The van der Waals surface area contributed by atoms with Crippen LogP contribution in [0.5, 0.6) is 5.75 Å². The normalized spacial score (nSPS) is 12.5. The van der Waals surface area contributed by atoms with Crippen LogP contribution < -0.4 is 10.1 Å². The molecular formula is C15H25NO. The molecule has 0 amide bonds. The molecule has 0 radical (unpaired) electrons. The minimum Gasteiger partial charge on any atom is -0.496 e. The van der Waals surface area contributed by atoms with Crippen LogP contribution in [0, 0.1) is 19.8 Å². The molecule has 1 unspecified atom stereocenters. The number of methoxy groups -OCH3 is 1. The Labute approximate surface area is 105 Å². The first kappa shape index (κ1) is 14.0. The highest BCUT2D eigenvalue weighted by Crippen LogP contribution is 2.26. The summed E-state index contributed by atoms with van der Waals surface area (Å²) in [4.78, 5) is 0. The van der Waals surface area contributed by atoms with Gasteiger partial charge in [0, 0.05) is 0 Å². The third-order valence-corrected chi connectivity index (χ3v) is 3.65. The predicted molar refractivity (Wildman–Crippen MR) is 73.9 cm³/mol. The Kier molecular flexibility index (Phi) is 5.49. The monoisotopic (exact) mass is 235 g/mol. The average molecular weight is 235 g/mol. The van der Waals surface area contributed by atoms with E-state index in [1.165, 1.54) is 23.1 Å². The second-order valence-corrected chi connectivity index (χ2v) is 4.71. The van der Waals surface area contributed by atoms with E-state index in [1.54, 1.807) is 7.11 Å². The van der Waals surface area contributed by atoms with Crippen LogP contribution in [0.2, 0.25) is 0 Å². The molecule has 0 heterocycles. The topological polar surface area (TPSA) is 21.3 Å². The van der Waals surface area contributed by atoms with Gasteiger partial charge in [0.15, 0.2) is 0 Å². The zero-order chi connectivity index (χ0) is 12.8. The predicted octanol–water partition coefficient (Wildman–Crippen LogP) is 3.10. The van der Waals surface area contributed by atoms with E-state index < -0.39 is 0 Å². The summed E-state index contributed by atoms with van der Waals surface area (Å²) in [6, 6.07) is 4.29. The number of ether oxygens (including phenoxy) is 1. The molecule has 0 fully saturated rings. The van der Waals surface area contributed by atoms with Crippen molar-refractivity contribution in [2.45, 2.75) is 33.6 Å². The Morgan fingerprint density at radius 2 is 1.94 bits per heavy atom. The molecule has 0 aliphatic heterocycles. The quantitative estimate of drug-likeness (QED) is 0.818. The zero-order valence-electron chi connectivity index (χ0n) is 11.8. The summed E-state index contributed by atoms with van der Waals surface area (Å²) in [6.07, 6.45) is 2.36. The molecule has 96 valence electrons. The first-order valence-corrected chi connectivity index (χ1v) is 6.41. The second-order valence-electron chi connectivity index (χ2n) is 4.71. The Morgan fingerprint density at radius 3 is 2.47 bits per heavy atom. The SMILES string of the molecule is CCC(CNC)Cc1ccc(OC)c(C)c1C. The molecule has 0 bridgehead atoms. The summed E-state index contributed by atoms with van der Waals surface area (Å²) in [6.45, 7) is 7.67. The van der Waals surface area contributed by atoms with E-state index in [4.69, 9.17) is 4.74 Å². The number of nitrogens with one attached hydrogen (secondary N) is 1. The molecule has 1 N–H and O–H groups in total. The summed E-state index contributed by atoms with van der Waals surface area (Å²) in [7, 11) is 3.76. The fourth-order valence-electron chi connectivity index (χ4n) is 2.25. The number of benzene rings is 1. The van der Waals surface area contributed by atoms with Gasteiger partial charge >= 0.3 is 0 Å². The van der Waals surface area contributed by atoms with Crippen molar-refractivity contribution in [1.29, 1.82) is 0 Å². The first-order chi connectivity index (χ1) is 8.13. The number of hydrogen-bond acceptors (Lipinski definition) is 2. The molecule has 2 nitrogen and oxygen atoms in total.